The molecular formula is C17H23N3O3S. The van der Waals surface area contributed by atoms with Crippen LogP contribution in [0.25, 0.3) is 11.0 Å². The van der Waals surface area contributed by atoms with Gasteiger partial charge in [0.15, 0.2) is 5.16 Å². The summed E-state index contributed by atoms with van der Waals surface area (Å²) in [6.07, 6.45) is 0.178. The Hall–Kier alpha value is -1.73. The first-order chi connectivity index (χ1) is 11.5. The second-order valence-corrected chi connectivity index (χ2v) is 6.96. The van der Waals surface area contributed by atoms with E-state index in [1.165, 1.54) is 11.8 Å². The molecule has 24 heavy (non-hydrogen) atoms. The van der Waals surface area contributed by atoms with E-state index in [0.29, 0.717) is 25.4 Å². The smallest absolute Gasteiger partial charge is 0.233 e. The zero-order valence-electron chi connectivity index (χ0n) is 14.2. The third-order valence-electron chi connectivity index (χ3n) is 3.85. The lowest BCUT2D eigenvalue weighted by atomic mass is 10.2. The molecule has 6 nitrogen and oxygen atoms in total. The van der Waals surface area contributed by atoms with Gasteiger partial charge in [0.25, 0.3) is 0 Å². The highest BCUT2D eigenvalue weighted by atomic mass is 32.2. The van der Waals surface area contributed by atoms with Gasteiger partial charge in [-0.25, -0.2) is 4.98 Å². The van der Waals surface area contributed by atoms with Gasteiger partial charge in [-0.05, 0) is 32.9 Å². The lowest BCUT2D eigenvalue weighted by molar-refractivity contribution is -0.140. The average molecular weight is 349 g/mol. The summed E-state index contributed by atoms with van der Waals surface area (Å²) >= 11 is 1.43. The molecule has 0 aliphatic carbocycles. The molecule has 2 atom stereocenters. The number of morpholine rings is 1. The van der Waals surface area contributed by atoms with E-state index < -0.39 is 0 Å². The fourth-order valence-electron chi connectivity index (χ4n) is 2.89. The third-order valence-corrected chi connectivity index (χ3v) is 4.71. The topological polar surface area (TPSA) is 67.4 Å². The van der Waals surface area contributed by atoms with Crippen LogP contribution in [-0.4, -0.2) is 58.4 Å². The molecule has 7 heteroatoms. The van der Waals surface area contributed by atoms with Crippen LogP contribution in [0.2, 0.25) is 0 Å². The summed E-state index contributed by atoms with van der Waals surface area (Å²) in [5.41, 5.74) is 1.80. The van der Waals surface area contributed by atoms with Crippen LogP contribution in [0.4, 0.5) is 0 Å². The van der Waals surface area contributed by atoms with Crippen molar-refractivity contribution in [1.82, 2.24) is 14.9 Å². The van der Waals surface area contributed by atoms with Crippen LogP contribution in [0.15, 0.2) is 23.4 Å². The monoisotopic (exact) mass is 349 g/mol. The molecule has 1 aromatic heterocycles. The van der Waals surface area contributed by atoms with Crippen molar-refractivity contribution in [2.24, 2.45) is 0 Å². The Morgan fingerprint density at radius 3 is 2.88 bits per heavy atom. The van der Waals surface area contributed by atoms with E-state index in [9.17, 15) is 4.79 Å². The van der Waals surface area contributed by atoms with E-state index in [2.05, 4.69) is 9.97 Å². The number of imidazole rings is 1. The predicted molar refractivity (Wildman–Crippen MR) is 94.6 cm³/mol. The normalized spacial score (nSPS) is 21.2. The summed E-state index contributed by atoms with van der Waals surface area (Å²) in [5.74, 6) is 1.31. The average Bonchev–Trinajstić information content (AvgIpc) is 2.94. The van der Waals surface area contributed by atoms with Crippen molar-refractivity contribution in [3.05, 3.63) is 18.2 Å². The van der Waals surface area contributed by atoms with Crippen molar-refractivity contribution in [3.8, 4) is 5.75 Å². The highest BCUT2D eigenvalue weighted by molar-refractivity contribution is 7.99. The minimum Gasteiger partial charge on any atom is -0.494 e. The zero-order chi connectivity index (χ0) is 17.1. The number of H-pyrrole nitrogens is 1. The van der Waals surface area contributed by atoms with Crippen LogP contribution in [0.3, 0.4) is 0 Å². The van der Waals surface area contributed by atoms with Crippen molar-refractivity contribution in [2.75, 3.05) is 25.4 Å². The van der Waals surface area contributed by atoms with Crippen LogP contribution in [0, 0.1) is 0 Å². The highest BCUT2D eigenvalue weighted by Crippen LogP contribution is 2.24. The van der Waals surface area contributed by atoms with Crippen molar-refractivity contribution in [2.45, 2.75) is 38.1 Å². The first-order valence-electron chi connectivity index (χ1n) is 8.23. The number of benzene rings is 1. The predicted octanol–water partition coefficient (Wildman–Crippen LogP) is 2.69. The number of nitrogens with one attached hydrogen (secondary N) is 1. The van der Waals surface area contributed by atoms with E-state index in [-0.39, 0.29) is 18.1 Å². The van der Waals surface area contributed by atoms with Gasteiger partial charge < -0.3 is 19.4 Å². The van der Waals surface area contributed by atoms with Crippen molar-refractivity contribution in [1.29, 1.82) is 0 Å². The molecule has 1 saturated heterocycles. The molecule has 1 aliphatic rings. The largest absolute Gasteiger partial charge is 0.494 e. The van der Waals surface area contributed by atoms with Crippen molar-refractivity contribution < 1.29 is 14.3 Å². The highest BCUT2D eigenvalue weighted by Gasteiger charge is 2.25. The first-order valence-corrected chi connectivity index (χ1v) is 9.22. The summed E-state index contributed by atoms with van der Waals surface area (Å²) in [5, 5.41) is 0.751. The maximum absolute atomic E-state index is 12.4. The molecule has 2 aromatic rings. The van der Waals surface area contributed by atoms with Crippen molar-refractivity contribution in [3.63, 3.8) is 0 Å². The molecule has 0 saturated carbocycles. The summed E-state index contributed by atoms with van der Waals surface area (Å²) in [4.78, 5) is 22.0. The SMILES string of the molecule is CCOc1ccc2nc(SCC(=O)N3CC(C)OC(C)C3)[nH]c2c1. The Balaban J connectivity index is 1.61. The van der Waals surface area contributed by atoms with Gasteiger partial charge in [-0.2, -0.15) is 0 Å². The number of fused-ring (bicyclic) bond motifs is 1. The standard InChI is InChI=1S/C17H23N3O3S/c1-4-22-13-5-6-14-15(7-13)19-17(18-14)24-10-16(21)20-8-11(2)23-12(3)9-20/h5-7,11-12H,4,8-10H2,1-3H3,(H,18,19). The Labute approximate surface area is 145 Å². The molecule has 1 aromatic carbocycles. The number of thioether (sulfide) groups is 1. The number of carbonyl (C=O) groups excluding carboxylic acids is 1. The summed E-state index contributed by atoms with van der Waals surface area (Å²) in [6, 6.07) is 5.76. The second-order valence-electron chi connectivity index (χ2n) is 6.00. The van der Waals surface area contributed by atoms with Gasteiger partial charge in [0, 0.05) is 19.2 Å². The van der Waals surface area contributed by atoms with E-state index in [4.69, 9.17) is 9.47 Å². The van der Waals surface area contributed by atoms with E-state index in [0.717, 1.165) is 21.9 Å². The number of amides is 1. The van der Waals surface area contributed by atoms with Crippen molar-refractivity contribution >= 4 is 28.7 Å². The number of nitrogens with zero attached hydrogens (tertiary/aromatic N) is 2. The minimum absolute atomic E-state index is 0.0888. The van der Waals surface area contributed by atoms with Gasteiger partial charge in [0.1, 0.15) is 5.75 Å². The molecule has 2 heterocycles. The minimum atomic E-state index is 0.0888. The summed E-state index contributed by atoms with van der Waals surface area (Å²) in [6.45, 7) is 7.89. The summed E-state index contributed by atoms with van der Waals surface area (Å²) in [7, 11) is 0. The number of carbonyl (C=O) groups is 1. The first kappa shape index (κ1) is 17.1. The van der Waals surface area contributed by atoms with Gasteiger partial charge in [-0.3, -0.25) is 4.79 Å². The third kappa shape index (κ3) is 4.02. The molecule has 1 N–H and O–H groups in total. The van der Waals surface area contributed by atoms with Crippen LogP contribution in [0.5, 0.6) is 5.75 Å². The Bertz CT molecular complexity index is 708. The molecule has 1 fully saturated rings. The maximum Gasteiger partial charge on any atom is 0.233 e. The summed E-state index contributed by atoms with van der Waals surface area (Å²) < 4.78 is 11.2. The lowest BCUT2D eigenvalue weighted by Gasteiger charge is -2.35. The van der Waals surface area contributed by atoms with Crippen LogP contribution in [-0.2, 0) is 9.53 Å². The maximum atomic E-state index is 12.4. The van der Waals surface area contributed by atoms with Gasteiger partial charge in [-0.1, -0.05) is 11.8 Å². The van der Waals surface area contributed by atoms with Gasteiger partial charge in [0.05, 0.1) is 35.6 Å². The van der Waals surface area contributed by atoms with Crippen LogP contribution < -0.4 is 4.74 Å². The number of aromatic amines is 1. The number of hydrogen-bond donors (Lipinski definition) is 1. The van der Waals surface area contributed by atoms with Gasteiger partial charge in [-0.15, -0.1) is 0 Å². The molecule has 1 amide bonds. The molecule has 3 rings (SSSR count). The van der Waals surface area contributed by atoms with Gasteiger partial charge >= 0.3 is 0 Å². The number of hydrogen-bond acceptors (Lipinski definition) is 5. The van der Waals surface area contributed by atoms with Crippen LogP contribution in [0.1, 0.15) is 20.8 Å². The lowest BCUT2D eigenvalue weighted by Crippen LogP contribution is -2.48. The molecule has 1 aliphatic heterocycles. The Morgan fingerprint density at radius 1 is 1.42 bits per heavy atom. The number of aromatic nitrogens is 2. The zero-order valence-corrected chi connectivity index (χ0v) is 15.1. The van der Waals surface area contributed by atoms with E-state index >= 15 is 0 Å². The Kier molecular flexibility index (Phi) is 5.30. The molecule has 0 bridgehead atoms. The molecule has 0 spiro atoms. The van der Waals surface area contributed by atoms with Gasteiger partial charge in [0.2, 0.25) is 5.91 Å². The quantitative estimate of drug-likeness (QED) is 0.841. The molecule has 130 valence electrons. The van der Waals surface area contributed by atoms with E-state index in [1.54, 1.807) is 0 Å². The molecular weight excluding hydrogens is 326 g/mol. The fourth-order valence-corrected chi connectivity index (χ4v) is 3.68. The molecule has 2 unspecified atom stereocenters. The van der Waals surface area contributed by atoms with E-state index in [1.807, 2.05) is 43.9 Å². The van der Waals surface area contributed by atoms with Crippen LogP contribution >= 0.6 is 11.8 Å². The second kappa shape index (κ2) is 7.44. The number of ether oxygens (including phenoxy) is 2. The Morgan fingerprint density at radius 2 is 2.17 bits per heavy atom. The number of rotatable bonds is 5. The molecule has 0 radical (unpaired) electrons. The fraction of sp³-hybridized carbons (Fsp3) is 0.529.